The van der Waals surface area contributed by atoms with Gasteiger partial charge in [0.05, 0.1) is 0 Å². The summed E-state index contributed by atoms with van der Waals surface area (Å²) in [6.45, 7) is 0.681. The van der Waals surface area contributed by atoms with Crippen LogP contribution in [0.15, 0.2) is 12.3 Å². The molecule has 2 heterocycles. The largest absolute Gasteiger partial charge is 0.368 e. The molecular weight excluding hydrogens is 182 g/mol. The summed E-state index contributed by atoms with van der Waals surface area (Å²) in [7, 11) is 1.81. The first kappa shape index (κ1) is 9.21. The quantitative estimate of drug-likeness (QED) is 0.749. The molecule has 1 atom stereocenters. The molecule has 1 aromatic heterocycles. The van der Waals surface area contributed by atoms with Crippen LogP contribution in [-0.2, 0) is 16.6 Å². The van der Waals surface area contributed by atoms with Crippen LogP contribution in [0.1, 0.15) is 12.8 Å². The number of carbonyl (C=O) groups excluding carboxylic acids is 1. The van der Waals surface area contributed by atoms with Crippen LogP contribution in [0.25, 0.3) is 0 Å². The number of aromatic nitrogens is 2. The highest BCUT2D eigenvalue weighted by molar-refractivity contribution is 5.93. The summed E-state index contributed by atoms with van der Waals surface area (Å²) >= 11 is 0. The molecule has 0 aromatic carbocycles. The van der Waals surface area contributed by atoms with Gasteiger partial charge in [-0.25, -0.2) is 0 Å². The Morgan fingerprint density at radius 1 is 1.79 bits per heavy atom. The van der Waals surface area contributed by atoms with Crippen molar-refractivity contribution in [1.29, 1.82) is 0 Å². The van der Waals surface area contributed by atoms with E-state index in [9.17, 15) is 4.79 Å². The maximum atomic E-state index is 11.5. The van der Waals surface area contributed by atoms with Crippen molar-refractivity contribution in [2.45, 2.75) is 18.9 Å². The summed E-state index contributed by atoms with van der Waals surface area (Å²) < 4.78 is 6.89. The monoisotopic (exact) mass is 195 g/mol. The summed E-state index contributed by atoms with van der Waals surface area (Å²) in [5.41, 5.74) is 0. The van der Waals surface area contributed by atoms with Crippen molar-refractivity contribution in [3.63, 3.8) is 0 Å². The average Bonchev–Trinajstić information content (AvgIpc) is 2.75. The zero-order chi connectivity index (χ0) is 9.97. The minimum atomic E-state index is -0.294. The smallest absolute Gasteiger partial charge is 0.254 e. The van der Waals surface area contributed by atoms with Crippen molar-refractivity contribution in [3.8, 4) is 0 Å². The third-order valence-electron chi connectivity index (χ3n) is 2.19. The summed E-state index contributed by atoms with van der Waals surface area (Å²) in [6.07, 6.45) is 3.25. The normalized spacial score (nSPS) is 21.1. The zero-order valence-corrected chi connectivity index (χ0v) is 8.06. The van der Waals surface area contributed by atoms with Crippen LogP contribution in [0.2, 0.25) is 0 Å². The van der Waals surface area contributed by atoms with Crippen molar-refractivity contribution in [3.05, 3.63) is 12.3 Å². The molecule has 1 unspecified atom stereocenters. The highest BCUT2D eigenvalue weighted by atomic mass is 16.5. The molecule has 5 heteroatoms. The molecule has 14 heavy (non-hydrogen) atoms. The molecule has 0 bridgehead atoms. The number of anilines is 1. The average molecular weight is 195 g/mol. The molecule has 2 rings (SSSR count). The van der Waals surface area contributed by atoms with Crippen LogP contribution in [0.4, 0.5) is 5.82 Å². The molecule has 1 saturated heterocycles. The van der Waals surface area contributed by atoms with Crippen LogP contribution >= 0.6 is 0 Å². The molecule has 0 saturated carbocycles. The number of ether oxygens (including phenoxy) is 1. The van der Waals surface area contributed by atoms with Crippen LogP contribution in [-0.4, -0.2) is 28.4 Å². The van der Waals surface area contributed by atoms with Gasteiger partial charge in [0.1, 0.15) is 6.10 Å². The Kier molecular flexibility index (Phi) is 2.49. The topological polar surface area (TPSA) is 56.2 Å². The van der Waals surface area contributed by atoms with Gasteiger partial charge in [0, 0.05) is 25.9 Å². The van der Waals surface area contributed by atoms with Crippen molar-refractivity contribution in [1.82, 2.24) is 9.78 Å². The van der Waals surface area contributed by atoms with Gasteiger partial charge >= 0.3 is 0 Å². The molecule has 1 aliphatic heterocycles. The Labute approximate surface area is 82.0 Å². The van der Waals surface area contributed by atoms with E-state index in [0.29, 0.717) is 12.4 Å². The molecule has 0 aliphatic carbocycles. The summed E-state index contributed by atoms with van der Waals surface area (Å²) in [5, 5.41) is 6.76. The number of aryl methyl sites for hydroxylation is 1. The second kappa shape index (κ2) is 3.79. The Morgan fingerprint density at radius 3 is 3.21 bits per heavy atom. The van der Waals surface area contributed by atoms with Crippen molar-refractivity contribution in [2.24, 2.45) is 7.05 Å². The molecule has 1 aromatic rings. The lowest BCUT2D eigenvalue weighted by molar-refractivity contribution is -0.124. The molecular formula is C9H13N3O2. The second-order valence-electron chi connectivity index (χ2n) is 3.37. The fraction of sp³-hybridized carbons (Fsp3) is 0.556. The van der Waals surface area contributed by atoms with Crippen LogP contribution < -0.4 is 5.32 Å². The van der Waals surface area contributed by atoms with E-state index in [-0.39, 0.29) is 12.0 Å². The number of amides is 1. The number of hydrogen-bond donors (Lipinski definition) is 1. The van der Waals surface area contributed by atoms with Gasteiger partial charge in [-0.2, -0.15) is 5.10 Å². The highest BCUT2D eigenvalue weighted by Crippen LogP contribution is 2.13. The number of rotatable bonds is 2. The number of nitrogens with zero attached hydrogens (tertiary/aromatic N) is 2. The van der Waals surface area contributed by atoms with Gasteiger partial charge < -0.3 is 10.1 Å². The van der Waals surface area contributed by atoms with Crippen LogP contribution in [0, 0.1) is 0 Å². The van der Waals surface area contributed by atoms with Crippen LogP contribution in [0.5, 0.6) is 0 Å². The van der Waals surface area contributed by atoms with Crippen molar-refractivity contribution >= 4 is 11.7 Å². The Bertz CT molecular complexity index is 329. The second-order valence-corrected chi connectivity index (χ2v) is 3.37. The molecule has 1 N–H and O–H groups in total. The minimum Gasteiger partial charge on any atom is -0.368 e. The maximum Gasteiger partial charge on any atom is 0.254 e. The highest BCUT2D eigenvalue weighted by Gasteiger charge is 2.23. The van der Waals surface area contributed by atoms with E-state index in [1.165, 1.54) is 0 Å². The predicted molar refractivity (Wildman–Crippen MR) is 50.8 cm³/mol. The van der Waals surface area contributed by atoms with E-state index in [1.54, 1.807) is 16.9 Å². The number of carbonyl (C=O) groups is 1. The molecule has 76 valence electrons. The van der Waals surface area contributed by atoms with Gasteiger partial charge in [0.15, 0.2) is 5.82 Å². The third-order valence-corrected chi connectivity index (χ3v) is 2.19. The lowest BCUT2D eigenvalue weighted by Crippen LogP contribution is -2.27. The SMILES string of the molecule is Cn1ccc(NC(=O)C2CCCO2)n1. The van der Waals surface area contributed by atoms with Gasteiger partial charge in [-0.1, -0.05) is 0 Å². The third kappa shape index (κ3) is 1.93. The molecule has 0 spiro atoms. The Balaban J connectivity index is 1.93. The first-order chi connectivity index (χ1) is 6.75. The molecule has 1 fully saturated rings. The van der Waals surface area contributed by atoms with E-state index in [1.807, 2.05) is 7.05 Å². The Hall–Kier alpha value is -1.36. The van der Waals surface area contributed by atoms with Crippen LogP contribution in [0.3, 0.4) is 0 Å². The summed E-state index contributed by atoms with van der Waals surface area (Å²) in [5.74, 6) is 0.481. The van der Waals surface area contributed by atoms with Gasteiger partial charge in [-0.3, -0.25) is 9.48 Å². The lowest BCUT2D eigenvalue weighted by atomic mass is 10.2. The summed E-state index contributed by atoms with van der Waals surface area (Å²) in [4.78, 5) is 11.5. The van der Waals surface area contributed by atoms with E-state index in [4.69, 9.17) is 4.74 Å². The van der Waals surface area contributed by atoms with Crippen molar-refractivity contribution in [2.75, 3.05) is 11.9 Å². The van der Waals surface area contributed by atoms with Gasteiger partial charge in [0.25, 0.3) is 5.91 Å². The molecule has 5 nitrogen and oxygen atoms in total. The van der Waals surface area contributed by atoms with Gasteiger partial charge in [0.2, 0.25) is 0 Å². The zero-order valence-electron chi connectivity index (χ0n) is 8.06. The van der Waals surface area contributed by atoms with Gasteiger partial charge in [-0.15, -0.1) is 0 Å². The molecule has 0 radical (unpaired) electrons. The maximum absolute atomic E-state index is 11.5. The fourth-order valence-corrected chi connectivity index (χ4v) is 1.47. The Morgan fingerprint density at radius 2 is 2.64 bits per heavy atom. The predicted octanol–water partition coefficient (Wildman–Crippen LogP) is 0.538. The molecule has 1 amide bonds. The van der Waals surface area contributed by atoms with E-state index >= 15 is 0 Å². The first-order valence-electron chi connectivity index (χ1n) is 4.68. The fourth-order valence-electron chi connectivity index (χ4n) is 1.47. The first-order valence-corrected chi connectivity index (χ1v) is 4.68. The summed E-state index contributed by atoms with van der Waals surface area (Å²) in [6, 6.07) is 1.76. The van der Waals surface area contributed by atoms with E-state index in [0.717, 1.165) is 12.8 Å². The van der Waals surface area contributed by atoms with E-state index < -0.39 is 0 Å². The van der Waals surface area contributed by atoms with E-state index in [2.05, 4.69) is 10.4 Å². The lowest BCUT2D eigenvalue weighted by Gasteiger charge is -2.07. The number of nitrogens with one attached hydrogen (secondary N) is 1. The molecule has 1 aliphatic rings. The van der Waals surface area contributed by atoms with Crippen molar-refractivity contribution < 1.29 is 9.53 Å². The number of hydrogen-bond acceptors (Lipinski definition) is 3. The van der Waals surface area contributed by atoms with Gasteiger partial charge in [-0.05, 0) is 12.8 Å². The standard InChI is InChI=1S/C9H13N3O2/c1-12-5-4-8(11-12)10-9(13)7-3-2-6-14-7/h4-5,7H,2-3,6H2,1H3,(H,10,11,13). The minimum absolute atomic E-state index is 0.0961.